The summed E-state index contributed by atoms with van der Waals surface area (Å²) in [5, 5.41) is 19.9. The number of halogens is 2. The van der Waals surface area contributed by atoms with Crippen LogP contribution in [0.2, 0.25) is 0 Å². The van der Waals surface area contributed by atoms with E-state index in [1.54, 1.807) is 62.4 Å². The molecule has 1 aliphatic rings. The number of carbonyl (C=O) groups excluding carboxylic acids is 2. The van der Waals surface area contributed by atoms with Crippen molar-refractivity contribution in [3.05, 3.63) is 91.9 Å². The molecule has 0 spiro atoms. The molecule has 1 aliphatic heterocycles. The number of urea groups is 1. The van der Waals surface area contributed by atoms with E-state index in [1.165, 1.54) is 26.5 Å². The normalized spacial score (nSPS) is 15.1. The molecule has 2 atom stereocenters. The summed E-state index contributed by atoms with van der Waals surface area (Å²) in [4.78, 5) is 24.6. The van der Waals surface area contributed by atoms with Crippen molar-refractivity contribution in [2.75, 3.05) is 27.4 Å². The summed E-state index contributed by atoms with van der Waals surface area (Å²) in [5.74, 6) is 0.657. The lowest BCUT2D eigenvalue weighted by molar-refractivity contribution is -0.136. The first kappa shape index (κ1) is 34.3. The third-order valence-corrected chi connectivity index (χ3v) is 7.49. The summed E-state index contributed by atoms with van der Waals surface area (Å²) in [5.41, 5.74) is 4.90. The highest BCUT2D eigenvalue weighted by molar-refractivity contribution is 14.1. The van der Waals surface area contributed by atoms with Gasteiger partial charge in [0.1, 0.15) is 19.0 Å². The molecule has 0 aliphatic carbocycles. The van der Waals surface area contributed by atoms with Gasteiger partial charge in [-0.25, -0.2) is 14.0 Å². The maximum absolute atomic E-state index is 14.0. The van der Waals surface area contributed by atoms with Gasteiger partial charge in [-0.1, -0.05) is 24.3 Å². The highest BCUT2D eigenvalue weighted by Gasteiger charge is 2.32. The van der Waals surface area contributed by atoms with Crippen molar-refractivity contribution in [2.24, 2.45) is 5.10 Å². The van der Waals surface area contributed by atoms with Crippen molar-refractivity contribution in [1.82, 2.24) is 16.1 Å². The first-order valence-electron chi connectivity index (χ1n) is 14.1. The summed E-state index contributed by atoms with van der Waals surface area (Å²) < 4.78 is 42.5. The van der Waals surface area contributed by atoms with Gasteiger partial charge in [0.05, 0.1) is 42.2 Å². The fourth-order valence-electron chi connectivity index (χ4n) is 4.54. The van der Waals surface area contributed by atoms with Crippen LogP contribution in [0.15, 0.2) is 71.0 Å². The Bertz CT molecular complexity index is 1630. The maximum Gasteiger partial charge on any atom is 0.337 e. The summed E-state index contributed by atoms with van der Waals surface area (Å²) >= 11 is 2.09. The van der Waals surface area contributed by atoms with E-state index in [0.717, 1.165) is 3.57 Å². The Kier molecular flexibility index (Phi) is 12.0. The molecule has 0 saturated heterocycles. The zero-order chi connectivity index (χ0) is 33.2. The summed E-state index contributed by atoms with van der Waals surface area (Å²) in [6.45, 7) is 3.59. The number of benzene rings is 3. The zero-order valence-corrected chi connectivity index (χ0v) is 27.7. The van der Waals surface area contributed by atoms with Crippen LogP contribution in [0.4, 0.5) is 9.18 Å². The lowest BCUT2D eigenvalue weighted by Gasteiger charge is -2.28. The second kappa shape index (κ2) is 16.1. The van der Waals surface area contributed by atoms with E-state index in [9.17, 15) is 19.1 Å². The molecule has 2 amide bonds. The Hall–Kier alpha value is -4.57. The van der Waals surface area contributed by atoms with Crippen LogP contribution >= 0.6 is 22.6 Å². The van der Waals surface area contributed by atoms with E-state index in [4.69, 9.17) is 23.7 Å². The van der Waals surface area contributed by atoms with Gasteiger partial charge in [0, 0.05) is 11.3 Å². The number of methoxy groups -OCH3 is 2. The van der Waals surface area contributed by atoms with Crippen molar-refractivity contribution < 1.29 is 42.8 Å². The van der Waals surface area contributed by atoms with Crippen LogP contribution in [-0.4, -0.2) is 57.0 Å². The molecule has 3 aromatic carbocycles. The number of carbonyl (C=O) groups is 2. The van der Waals surface area contributed by atoms with Crippen LogP contribution in [0.5, 0.6) is 23.0 Å². The van der Waals surface area contributed by atoms with Crippen LogP contribution in [0.25, 0.3) is 0 Å². The second-order valence-corrected chi connectivity index (χ2v) is 11.0. The molecule has 0 bridgehead atoms. The lowest BCUT2D eigenvalue weighted by atomic mass is 9.95. The topological polar surface area (TPSA) is 149 Å². The predicted octanol–water partition coefficient (Wildman–Crippen LogP) is 4.54. The molecule has 1 heterocycles. The monoisotopic (exact) mass is 748 g/mol. The first-order chi connectivity index (χ1) is 22.1. The SMILES string of the molecule is CCOc1cc([C@H]2NC(=O)NC(C)=C2C(=O)OC)ccc1OC[C@H](O)N/N=C\c1cc(I)c(OCc2ccccc2F)c(OC)c1. The van der Waals surface area contributed by atoms with Crippen LogP contribution in [0.1, 0.15) is 36.6 Å². The number of esters is 1. The Morgan fingerprint density at radius 3 is 2.61 bits per heavy atom. The number of aliphatic hydroxyl groups excluding tert-OH is 1. The van der Waals surface area contributed by atoms with Gasteiger partial charge in [-0.3, -0.25) is 5.43 Å². The van der Waals surface area contributed by atoms with Gasteiger partial charge in [0.2, 0.25) is 0 Å². The first-order valence-corrected chi connectivity index (χ1v) is 15.2. The Morgan fingerprint density at radius 2 is 1.89 bits per heavy atom. The molecule has 0 aromatic heterocycles. The van der Waals surface area contributed by atoms with Gasteiger partial charge in [-0.05, 0) is 77.9 Å². The molecule has 0 unspecified atom stereocenters. The number of amides is 2. The molecule has 4 N–H and O–H groups in total. The average Bonchev–Trinajstić information content (AvgIpc) is 3.03. The van der Waals surface area contributed by atoms with E-state index in [2.05, 4.69) is 43.8 Å². The molecule has 12 nitrogen and oxygen atoms in total. The third kappa shape index (κ3) is 8.57. The Labute approximate surface area is 279 Å². The number of allylic oxidation sites excluding steroid dienone is 1. The molecule has 4 rings (SSSR count). The van der Waals surface area contributed by atoms with Gasteiger partial charge in [-0.2, -0.15) is 5.10 Å². The second-order valence-electron chi connectivity index (χ2n) is 9.83. The minimum atomic E-state index is -1.19. The molecule has 3 aromatic rings. The number of hydrogen-bond acceptors (Lipinski definition) is 10. The van der Waals surface area contributed by atoms with Crippen LogP contribution in [0.3, 0.4) is 0 Å². The van der Waals surface area contributed by atoms with Gasteiger partial charge in [0.15, 0.2) is 29.2 Å². The number of aliphatic hydroxyl groups is 1. The van der Waals surface area contributed by atoms with Crippen molar-refractivity contribution in [2.45, 2.75) is 32.7 Å². The minimum Gasteiger partial charge on any atom is -0.493 e. The lowest BCUT2D eigenvalue weighted by Crippen LogP contribution is -2.45. The molecule has 14 heteroatoms. The number of rotatable bonds is 14. The van der Waals surface area contributed by atoms with Gasteiger partial charge < -0.3 is 39.4 Å². The number of ether oxygens (including phenoxy) is 5. The smallest absolute Gasteiger partial charge is 0.337 e. The summed E-state index contributed by atoms with van der Waals surface area (Å²) in [6.07, 6.45) is 0.311. The molecule has 0 fully saturated rings. The average molecular weight is 749 g/mol. The number of nitrogens with zero attached hydrogens (tertiary/aromatic N) is 1. The van der Waals surface area contributed by atoms with Crippen molar-refractivity contribution in [3.8, 4) is 23.0 Å². The van der Waals surface area contributed by atoms with Crippen LogP contribution in [0, 0.1) is 9.39 Å². The third-order valence-electron chi connectivity index (χ3n) is 6.69. The Morgan fingerprint density at radius 1 is 1.11 bits per heavy atom. The highest BCUT2D eigenvalue weighted by Crippen LogP contribution is 2.36. The van der Waals surface area contributed by atoms with Gasteiger partial charge in [-0.15, -0.1) is 0 Å². The summed E-state index contributed by atoms with van der Waals surface area (Å²) in [7, 11) is 2.77. The standard InChI is InChI=1S/C32H34FIN4O8/c1-5-44-25-14-20(29-28(31(40)43-4)18(2)36-32(41)37-29)10-11-24(25)45-17-27(39)38-35-15-19-12-23(34)30(26(13-19)42-3)46-16-21-8-6-7-9-22(21)33/h6-15,27,29,38-39H,5,16-17H2,1-4H3,(H2,36,37,41)/b35-15-/t27-,29+/m0/s1. The molecule has 0 saturated carbocycles. The Balaban J connectivity index is 1.39. The molecule has 46 heavy (non-hydrogen) atoms. The van der Waals surface area contributed by atoms with E-state index in [-0.39, 0.29) is 24.6 Å². The molecule has 244 valence electrons. The van der Waals surface area contributed by atoms with Gasteiger partial charge in [0.25, 0.3) is 0 Å². The summed E-state index contributed by atoms with van der Waals surface area (Å²) in [6, 6.07) is 13.6. The van der Waals surface area contributed by atoms with Gasteiger partial charge >= 0.3 is 12.0 Å². The largest absolute Gasteiger partial charge is 0.493 e. The minimum absolute atomic E-state index is 0.0355. The number of hydrazone groups is 1. The fourth-order valence-corrected chi connectivity index (χ4v) is 5.32. The number of hydrogen-bond donors (Lipinski definition) is 4. The predicted molar refractivity (Wildman–Crippen MR) is 175 cm³/mol. The highest BCUT2D eigenvalue weighted by atomic mass is 127. The zero-order valence-electron chi connectivity index (χ0n) is 25.6. The maximum atomic E-state index is 14.0. The van der Waals surface area contributed by atoms with E-state index in [0.29, 0.717) is 52.0 Å². The van der Waals surface area contributed by atoms with Crippen LogP contribution in [-0.2, 0) is 16.1 Å². The van der Waals surface area contributed by atoms with Crippen molar-refractivity contribution in [1.29, 1.82) is 0 Å². The van der Waals surface area contributed by atoms with E-state index >= 15 is 0 Å². The molecule has 0 radical (unpaired) electrons. The van der Waals surface area contributed by atoms with E-state index in [1.807, 2.05) is 0 Å². The van der Waals surface area contributed by atoms with E-state index < -0.39 is 24.3 Å². The number of nitrogens with one attached hydrogen (secondary N) is 3. The van der Waals surface area contributed by atoms with Crippen LogP contribution < -0.4 is 35.0 Å². The molecular formula is C32H34FIN4O8. The molecular weight excluding hydrogens is 714 g/mol. The fraction of sp³-hybridized carbons (Fsp3) is 0.281. The van der Waals surface area contributed by atoms with Crippen molar-refractivity contribution in [3.63, 3.8) is 0 Å². The quantitative estimate of drug-likeness (QED) is 0.0614. The van der Waals surface area contributed by atoms with Crippen molar-refractivity contribution >= 4 is 40.8 Å².